The minimum atomic E-state index is -0.151. The summed E-state index contributed by atoms with van der Waals surface area (Å²) in [6.07, 6.45) is 6.10. The number of nitrogens with zero attached hydrogens (tertiary/aromatic N) is 4. The third-order valence-corrected chi connectivity index (χ3v) is 5.13. The maximum Gasteiger partial charge on any atom is 0.274 e. The summed E-state index contributed by atoms with van der Waals surface area (Å²) in [5.74, 6) is 0.856. The van der Waals surface area contributed by atoms with Gasteiger partial charge in [0, 0.05) is 41.7 Å². The number of H-pyrrole nitrogens is 2. The molecule has 136 valence electrons. The molecule has 2 aliphatic rings. The smallest absolute Gasteiger partial charge is 0.274 e. The van der Waals surface area contributed by atoms with Crippen LogP contribution in [0.5, 0.6) is 0 Å². The average Bonchev–Trinajstić information content (AvgIpc) is 3.44. The van der Waals surface area contributed by atoms with Crippen LogP contribution in [-0.2, 0) is 13.0 Å². The van der Waals surface area contributed by atoms with E-state index >= 15 is 0 Å². The van der Waals surface area contributed by atoms with E-state index in [1.54, 1.807) is 23.4 Å². The fourth-order valence-electron chi connectivity index (χ4n) is 3.46. The molecular formula is C19H18N6O2. The van der Waals surface area contributed by atoms with Gasteiger partial charge in [0.05, 0.1) is 12.2 Å². The van der Waals surface area contributed by atoms with Crippen molar-refractivity contribution in [2.75, 3.05) is 6.54 Å². The Morgan fingerprint density at radius 2 is 2.19 bits per heavy atom. The Hall–Kier alpha value is -3.29. The van der Waals surface area contributed by atoms with Crippen molar-refractivity contribution in [2.24, 2.45) is 0 Å². The third-order valence-electron chi connectivity index (χ3n) is 5.13. The van der Waals surface area contributed by atoms with Crippen LogP contribution < -0.4 is 5.56 Å². The summed E-state index contributed by atoms with van der Waals surface area (Å²) in [4.78, 5) is 38.5. The molecule has 3 aromatic heterocycles. The summed E-state index contributed by atoms with van der Waals surface area (Å²) >= 11 is 0. The van der Waals surface area contributed by atoms with Gasteiger partial charge in [-0.3, -0.25) is 19.7 Å². The van der Waals surface area contributed by atoms with E-state index in [0.717, 1.165) is 24.1 Å². The first-order valence-corrected chi connectivity index (χ1v) is 9.06. The molecule has 0 radical (unpaired) electrons. The van der Waals surface area contributed by atoms with Crippen molar-refractivity contribution >= 4 is 5.91 Å². The van der Waals surface area contributed by atoms with Gasteiger partial charge >= 0.3 is 0 Å². The van der Waals surface area contributed by atoms with E-state index in [-0.39, 0.29) is 11.5 Å². The van der Waals surface area contributed by atoms with Crippen molar-refractivity contribution in [1.29, 1.82) is 0 Å². The van der Waals surface area contributed by atoms with Crippen LogP contribution in [0, 0.1) is 0 Å². The number of pyridine rings is 1. The second kappa shape index (κ2) is 6.15. The number of hydrogen-bond acceptors (Lipinski definition) is 5. The first-order valence-electron chi connectivity index (χ1n) is 9.06. The lowest BCUT2D eigenvalue weighted by Gasteiger charge is -2.27. The molecule has 4 heterocycles. The minimum Gasteiger partial charge on any atom is -0.331 e. The zero-order chi connectivity index (χ0) is 18.4. The predicted octanol–water partition coefficient (Wildman–Crippen LogP) is 1.63. The molecule has 27 heavy (non-hydrogen) atoms. The summed E-state index contributed by atoms with van der Waals surface area (Å²) in [6, 6.07) is 5.48. The molecular weight excluding hydrogens is 344 g/mol. The number of aromatic nitrogens is 5. The zero-order valence-corrected chi connectivity index (χ0v) is 14.6. The molecule has 5 rings (SSSR count). The lowest BCUT2D eigenvalue weighted by Crippen LogP contribution is -2.39. The summed E-state index contributed by atoms with van der Waals surface area (Å²) < 4.78 is 0. The highest BCUT2D eigenvalue weighted by atomic mass is 16.2. The van der Waals surface area contributed by atoms with Crippen LogP contribution >= 0.6 is 0 Å². The number of nitrogens with one attached hydrogen (secondary N) is 2. The van der Waals surface area contributed by atoms with Gasteiger partial charge in [-0.25, -0.2) is 4.98 Å². The lowest BCUT2D eigenvalue weighted by molar-refractivity contribution is 0.0725. The van der Waals surface area contributed by atoms with Crippen LogP contribution in [-0.4, -0.2) is 42.5 Å². The van der Waals surface area contributed by atoms with Crippen molar-refractivity contribution in [3.05, 3.63) is 63.6 Å². The standard InChI is InChI=1S/C19H18N6O2/c26-18-13-5-7-25(19(27)15-8-14(23-24-15)11-3-4-11)10-16(13)21-17(22-18)12-2-1-6-20-9-12/h1-2,6,8-9,11H,3-5,7,10H2,(H,23,24)(H,21,22,26). The average molecular weight is 362 g/mol. The summed E-state index contributed by atoms with van der Waals surface area (Å²) in [5.41, 5.74) is 3.33. The Kier molecular flexibility index (Phi) is 3.63. The number of carbonyl (C=O) groups is 1. The van der Waals surface area contributed by atoms with Crippen molar-refractivity contribution in [3.8, 4) is 11.4 Å². The number of carbonyl (C=O) groups excluding carboxylic acids is 1. The third kappa shape index (κ3) is 2.92. The molecule has 8 heteroatoms. The first-order chi connectivity index (χ1) is 13.2. The second-order valence-electron chi connectivity index (χ2n) is 7.04. The van der Waals surface area contributed by atoms with E-state index in [0.29, 0.717) is 48.2 Å². The molecule has 1 aliphatic heterocycles. The van der Waals surface area contributed by atoms with Crippen LogP contribution in [0.1, 0.15) is 46.2 Å². The fraction of sp³-hybridized carbons (Fsp3) is 0.316. The van der Waals surface area contributed by atoms with Gasteiger partial charge in [-0.15, -0.1) is 0 Å². The monoisotopic (exact) mass is 362 g/mol. The Morgan fingerprint density at radius 3 is 2.96 bits per heavy atom. The minimum absolute atomic E-state index is 0.131. The van der Waals surface area contributed by atoms with Gasteiger partial charge in [0.25, 0.3) is 11.5 Å². The molecule has 3 aromatic rings. The molecule has 1 aliphatic carbocycles. The number of hydrogen-bond donors (Lipinski definition) is 2. The predicted molar refractivity (Wildman–Crippen MR) is 97.1 cm³/mol. The lowest BCUT2D eigenvalue weighted by atomic mass is 10.1. The summed E-state index contributed by atoms with van der Waals surface area (Å²) in [7, 11) is 0. The summed E-state index contributed by atoms with van der Waals surface area (Å²) in [5, 5.41) is 7.15. The molecule has 0 spiro atoms. The maximum absolute atomic E-state index is 12.8. The van der Waals surface area contributed by atoms with E-state index in [1.165, 1.54) is 0 Å². The second-order valence-corrected chi connectivity index (χ2v) is 7.04. The highest BCUT2D eigenvalue weighted by molar-refractivity contribution is 5.92. The van der Waals surface area contributed by atoms with Crippen LogP contribution in [0.4, 0.5) is 0 Å². The Labute approximate surface area is 154 Å². The molecule has 1 saturated carbocycles. The highest BCUT2D eigenvalue weighted by Crippen LogP contribution is 2.39. The van der Waals surface area contributed by atoms with Crippen molar-refractivity contribution in [3.63, 3.8) is 0 Å². The summed E-state index contributed by atoms with van der Waals surface area (Å²) in [6.45, 7) is 0.783. The van der Waals surface area contributed by atoms with Gasteiger partial charge in [-0.1, -0.05) is 0 Å². The van der Waals surface area contributed by atoms with Crippen molar-refractivity contribution in [2.45, 2.75) is 31.7 Å². The van der Waals surface area contributed by atoms with Gasteiger partial charge in [-0.2, -0.15) is 5.10 Å². The van der Waals surface area contributed by atoms with Crippen molar-refractivity contribution < 1.29 is 4.79 Å². The van der Waals surface area contributed by atoms with Crippen molar-refractivity contribution in [1.82, 2.24) is 30.0 Å². The van der Waals surface area contributed by atoms with E-state index < -0.39 is 0 Å². The van der Waals surface area contributed by atoms with Crippen LogP contribution in [0.15, 0.2) is 35.4 Å². The van der Waals surface area contributed by atoms with Gasteiger partial charge in [-0.05, 0) is 37.5 Å². The highest BCUT2D eigenvalue weighted by Gasteiger charge is 2.29. The molecule has 0 aromatic carbocycles. The number of fused-ring (bicyclic) bond motifs is 1. The van der Waals surface area contributed by atoms with E-state index in [9.17, 15) is 9.59 Å². The van der Waals surface area contributed by atoms with Gasteiger partial charge < -0.3 is 9.88 Å². The van der Waals surface area contributed by atoms with Crippen LogP contribution in [0.25, 0.3) is 11.4 Å². The molecule has 0 unspecified atom stereocenters. The quantitative estimate of drug-likeness (QED) is 0.736. The van der Waals surface area contributed by atoms with Gasteiger partial charge in [0.1, 0.15) is 11.5 Å². The molecule has 1 fully saturated rings. The number of aromatic amines is 2. The van der Waals surface area contributed by atoms with Crippen LogP contribution in [0.3, 0.4) is 0 Å². The topological polar surface area (TPSA) is 108 Å². The number of rotatable bonds is 3. The Balaban J connectivity index is 1.43. The van der Waals surface area contributed by atoms with E-state index in [4.69, 9.17) is 0 Å². The van der Waals surface area contributed by atoms with Crippen LogP contribution in [0.2, 0.25) is 0 Å². The normalized spacial score (nSPS) is 16.2. The van der Waals surface area contributed by atoms with E-state index in [2.05, 4.69) is 25.1 Å². The van der Waals surface area contributed by atoms with Gasteiger partial charge in [0.2, 0.25) is 0 Å². The zero-order valence-electron chi connectivity index (χ0n) is 14.6. The maximum atomic E-state index is 12.8. The van der Waals surface area contributed by atoms with E-state index in [1.807, 2.05) is 12.1 Å². The Bertz CT molecular complexity index is 1070. The first kappa shape index (κ1) is 15.9. The molecule has 0 saturated heterocycles. The Morgan fingerprint density at radius 1 is 1.30 bits per heavy atom. The van der Waals surface area contributed by atoms with Gasteiger partial charge in [0.15, 0.2) is 0 Å². The molecule has 8 nitrogen and oxygen atoms in total. The fourth-order valence-corrected chi connectivity index (χ4v) is 3.46. The molecule has 2 N–H and O–H groups in total. The largest absolute Gasteiger partial charge is 0.331 e. The molecule has 0 atom stereocenters. The molecule has 1 amide bonds. The number of amides is 1. The molecule has 0 bridgehead atoms. The SMILES string of the molecule is O=C(c1cc(C2CC2)[nH]n1)N1CCc2c(nc(-c3cccnc3)[nH]c2=O)C1.